The van der Waals surface area contributed by atoms with Crippen LogP contribution >= 0.6 is 12.4 Å². The summed E-state index contributed by atoms with van der Waals surface area (Å²) in [5.41, 5.74) is 6.45. The molecule has 6 heteroatoms. The van der Waals surface area contributed by atoms with E-state index < -0.39 is 0 Å². The lowest BCUT2D eigenvalue weighted by Crippen LogP contribution is -2.49. The second-order valence-corrected chi connectivity index (χ2v) is 6.54. The first kappa shape index (κ1) is 21.5. The van der Waals surface area contributed by atoms with E-state index in [1.54, 1.807) is 4.90 Å². The van der Waals surface area contributed by atoms with Crippen LogP contribution in [0.15, 0.2) is 30.3 Å². The van der Waals surface area contributed by atoms with Gasteiger partial charge in [-0.3, -0.25) is 9.59 Å². The van der Waals surface area contributed by atoms with Crippen molar-refractivity contribution in [2.75, 3.05) is 19.6 Å². The van der Waals surface area contributed by atoms with Gasteiger partial charge in [-0.1, -0.05) is 38.0 Å². The number of carbonyl (C=O) groups excluding carboxylic acids is 2. The molecule has 1 saturated heterocycles. The minimum Gasteiger partial charge on any atom is -0.352 e. The van der Waals surface area contributed by atoms with Gasteiger partial charge >= 0.3 is 0 Å². The van der Waals surface area contributed by atoms with E-state index in [0.29, 0.717) is 25.2 Å². The summed E-state index contributed by atoms with van der Waals surface area (Å²) < 4.78 is 0. The molecule has 1 aromatic rings. The fourth-order valence-corrected chi connectivity index (χ4v) is 3.16. The van der Waals surface area contributed by atoms with Crippen LogP contribution < -0.4 is 11.1 Å². The third kappa shape index (κ3) is 6.33. The summed E-state index contributed by atoms with van der Waals surface area (Å²) in [7, 11) is 0. The Morgan fingerprint density at radius 2 is 2.04 bits per heavy atom. The van der Waals surface area contributed by atoms with E-state index >= 15 is 0 Å². The van der Waals surface area contributed by atoms with Crippen molar-refractivity contribution in [3.8, 4) is 0 Å². The second kappa shape index (κ2) is 11.1. The van der Waals surface area contributed by atoms with Crippen LogP contribution in [-0.2, 0) is 4.79 Å². The zero-order valence-electron chi connectivity index (χ0n) is 14.9. The Morgan fingerprint density at radius 3 is 2.68 bits per heavy atom. The standard InChI is InChI=1S/C19H29N3O2.ClH/c1-2-3-11-17(13-20)21-18(23)16-10-7-12-22(14-16)19(24)15-8-5-4-6-9-15;/h4-6,8-9,16-17H,2-3,7,10-14,20H2,1H3,(H,21,23);1H. The summed E-state index contributed by atoms with van der Waals surface area (Å²) in [6.45, 7) is 3.80. The lowest BCUT2D eigenvalue weighted by atomic mass is 9.95. The van der Waals surface area contributed by atoms with Gasteiger partial charge in [-0.15, -0.1) is 12.4 Å². The summed E-state index contributed by atoms with van der Waals surface area (Å²) in [6.07, 6.45) is 4.76. The highest BCUT2D eigenvalue weighted by Crippen LogP contribution is 2.19. The highest BCUT2D eigenvalue weighted by Gasteiger charge is 2.29. The molecule has 3 N–H and O–H groups in total. The first-order valence-electron chi connectivity index (χ1n) is 9.00. The summed E-state index contributed by atoms with van der Waals surface area (Å²) in [4.78, 5) is 26.9. The molecule has 0 bridgehead atoms. The number of amides is 2. The van der Waals surface area contributed by atoms with Crippen LogP contribution in [-0.4, -0.2) is 42.4 Å². The molecular formula is C19H30ClN3O2. The number of hydrogen-bond acceptors (Lipinski definition) is 3. The number of rotatable bonds is 7. The first-order chi connectivity index (χ1) is 11.7. The minimum atomic E-state index is -0.137. The van der Waals surface area contributed by atoms with Gasteiger partial charge in [0.25, 0.3) is 5.91 Å². The van der Waals surface area contributed by atoms with Crippen LogP contribution in [0.3, 0.4) is 0 Å². The fourth-order valence-electron chi connectivity index (χ4n) is 3.16. The average molecular weight is 368 g/mol. The van der Waals surface area contributed by atoms with Crippen LogP contribution in [0.5, 0.6) is 0 Å². The predicted octanol–water partition coefficient (Wildman–Crippen LogP) is 2.59. The van der Waals surface area contributed by atoms with Gasteiger partial charge in [-0.2, -0.15) is 0 Å². The average Bonchev–Trinajstić information content (AvgIpc) is 2.65. The van der Waals surface area contributed by atoms with E-state index in [-0.39, 0.29) is 36.2 Å². The van der Waals surface area contributed by atoms with Crippen LogP contribution in [0.2, 0.25) is 0 Å². The maximum Gasteiger partial charge on any atom is 0.253 e. The van der Waals surface area contributed by atoms with Gasteiger partial charge in [-0.05, 0) is 31.4 Å². The number of unbranched alkanes of at least 4 members (excludes halogenated alkanes) is 1. The number of hydrogen-bond donors (Lipinski definition) is 2. The van der Waals surface area contributed by atoms with Crippen molar-refractivity contribution in [2.24, 2.45) is 11.7 Å². The van der Waals surface area contributed by atoms with E-state index in [1.165, 1.54) is 0 Å². The molecule has 0 radical (unpaired) electrons. The smallest absolute Gasteiger partial charge is 0.253 e. The van der Waals surface area contributed by atoms with E-state index in [2.05, 4.69) is 12.2 Å². The van der Waals surface area contributed by atoms with Crippen LogP contribution in [0.4, 0.5) is 0 Å². The van der Waals surface area contributed by atoms with E-state index in [4.69, 9.17) is 5.73 Å². The van der Waals surface area contributed by atoms with Gasteiger partial charge in [-0.25, -0.2) is 0 Å². The molecule has 0 aliphatic carbocycles. The van der Waals surface area contributed by atoms with E-state index in [0.717, 1.165) is 32.1 Å². The van der Waals surface area contributed by atoms with Crippen LogP contribution in [0.25, 0.3) is 0 Å². The Hall–Kier alpha value is -1.59. The molecule has 25 heavy (non-hydrogen) atoms. The lowest BCUT2D eigenvalue weighted by Gasteiger charge is -2.33. The zero-order valence-corrected chi connectivity index (χ0v) is 15.8. The molecular weight excluding hydrogens is 338 g/mol. The predicted molar refractivity (Wildman–Crippen MR) is 103 cm³/mol. The van der Waals surface area contributed by atoms with Crippen LogP contribution in [0.1, 0.15) is 49.4 Å². The van der Waals surface area contributed by atoms with Crippen LogP contribution in [0, 0.1) is 5.92 Å². The Morgan fingerprint density at radius 1 is 1.32 bits per heavy atom. The topological polar surface area (TPSA) is 75.4 Å². The molecule has 2 rings (SSSR count). The molecule has 140 valence electrons. The normalized spacial score (nSPS) is 18.2. The molecule has 2 amide bonds. The highest BCUT2D eigenvalue weighted by atomic mass is 35.5. The number of nitrogens with zero attached hydrogens (tertiary/aromatic N) is 1. The first-order valence-corrected chi connectivity index (χ1v) is 9.00. The number of nitrogens with two attached hydrogens (primary N) is 1. The molecule has 2 atom stereocenters. The van der Waals surface area contributed by atoms with E-state index in [9.17, 15) is 9.59 Å². The van der Waals surface area contributed by atoms with Gasteiger partial charge in [0.15, 0.2) is 0 Å². The SMILES string of the molecule is CCCCC(CN)NC(=O)C1CCCN(C(=O)c2ccccc2)C1.Cl. The Balaban J connectivity index is 0.00000312. The number of benzene rings is 1. The largest absolute Gasteiger partial charge is 0.352 e. The van der Waals surface area contributed by atoms with Crippen molar-refractivity contribution in [3.05, 3.63) is 35.9 Å². The van der Waals surface area contributed by atoms with E-state index in [1.807, 2.05) is 30.3 Å². The highest BCUT2D eigenvalue weighted by molar-refractivity contribution is 5.94. The fraction of sp³-hybridized carbons (Fsp3) is 0.579. The molecule has 5 nitrogen and oxygen atoms in total. The maximum absolute atomic E-state index is 12.6. The third-order valence-electron chi connectivity index (χ3n) is 4.64. The van der Waals surface area contributed by atoms with Gasteiger partial charge < -0.3 is 16.0 Å². The molecule has 1 aromatic carbocycles. The molecule has 1 aliphatic rings. The zero-order chi connectivity index (χ0) is 17.4. The van der Waals surface area contributed by atoms with Gasteiger partial charge in [0.1, 0.15) is 0 Å². The van der Waals surface area contributed by atoms with Gasteiger partial charge in [0, 0.05) is 31.2 Å². The number of piperidine rings is 1. The second-order valence-electron chi connectivity index (χ2n) is 6.54. The molecule has 1 fully saturated rings. The van der Waals surface area contributed by atoms with Crippen molar-refractivity contribution in [1.82, 2.24) is 10.2 Å². The monoisotopic (exact) mass is 367 g/mol. The van der Waals surface area contributed by atoms with Crippen molar-refractivity contribution in [3.63, 3.8) is 0 Å². The Kier molecular flexibility index (Phi) is 9.53. The Bertz CT molecular complexity index is 539. The molecule has 1 aliphatic heterocycles. The summed E-state index contributed by atoms with van der Waals surface area (Å²) in [5.74, 6) is -0.0938. The summed E-state index contributed by atoms with van der Waals surface area (Å²) >= 11 is 0. The maximum atomic E-state index is 12.6. The van der Waals surface area contributed by atoms with Crippen molar-refractivity contribution >= 4 is 24.2 Å². The molecule has 0 saturated carbocycles. The number of carbonyl (C=O) groups is 2. The van der Waals surface area contributed by atoms with Gasteiger partial charge in [0.2, 0.25) is 5.91 Å². The lowest BCUT2D eigenvalue weighted by molar-refractivity contribution is -0.127. The quantitative estimate of drug-likeness (QED) is 0.777. The molecule has 2 unspecified atom stereocenters. The summed E-state index contributed by atoms with van der Waals surface area (Å²) in [5, 5.41) is 3.07. The molecule has 0 spiro atoms. The minimum absolute atomic E-state index is 0. The van der Waals surface area contributed by atoms with Crippen molar-refractivity contribution in [1.29, 1.82) is 0 Å². The van der Waals surface area contributed by atoms with Crippen molar-refractivity contribution in [2.45, 2.75) is 45.1 Å². The third-order valence-corrected chi connectivity index (χ3v) is 4.64. The summed E-state index contributed by atoms with van der Waals surface area (Å²) in [6, 6.07) is 9.30. The number of likely N-dealkylation sites (tertiary alicyclic amines) is 1. The van der Waals surface area contributed by atoms with Crippen molar-refractivity contribution < 1.29 is 9.59 Å². The molecule has 1 heterocycles. The Labute approximate surface area is 156 Å². The van der Waals surface area contributed by atoms with Gasteiger partial charge in [0.05, 0.1) is 5.92 Å². The number of halogens is 1. The number of nitrogens with one attached hydrogen (secondary N) is 1. The molecule has 0 aromatic heterocycles.